The van der Waals surface area contributed by atoms with Gasteiger partial charge in [-0.05, 0) is 52.9 Å². The molecule has 0 aromatic heterocycles. The third kappa shape index (κ3) is 3.05. The number of rotatable bonds is 4. The molecule has 3 aromatic rings. The lowest BCUT2D eigenvalue weighted by Gasteiger charge is -2.13. The summed E-state index contributed by atoms with van der Waals surface area (Å²) in [6.45, 7) is 1.91. The molecule has 0 bridgehead atoms. The molecular formula is C23H18FNO3. The van der Waals surface area contributed by atoms with Gasteiger partial charge in [-0.3, -0.25) is 9.59 Å². The lowest BCUT2D eigenvalue weighted by molar-refractivity contribution is -0.137. The van der Waals surface area contributed by atoms with Crippen LogP contribution in [-0.2, 0) is 11.3 Å². The molecule has 4 rings (SSSR count). The Morgan fingerprint density at radius 3 is 2.46 bits per heavy atom. The smallest absolute Gasteiger partial charge is 0.323 e. The molecule has 1 N–H and O–H groups in total. The number of carbonyl (C=O) groups excluding carboxylic acids is 1. The molecule has 5 heteroatoms. The van der Waals surface area contributed by atoms with Gasteiger partial charge in [-0.25, -0.2) is 4.39 Å². The number of carboxylic acid groups (broad SMARTS) is 1. The maximum atomic E-state index is 14.3. The number of carboxylic acids is 1. The minimum absolute atomic E-state index is 0.263. The third-order valence-corrected chi connectivity index (χ3v) is 5.12. The molecule has 4 nitrogen and oxygen atoms in total. The van der Waals surface area contributed by atoms with Crippen molar-refractivity contribution in [2.24, 2.45) is 0 Å². The molecule has 3 aromatic carbocycles. The van der Waals surface area contributed by atoms with E-state index >= 15 is 0 Å². The van der Waals surface area contributed by atoms with E-state index in [0.29, 0.717) is 11.1 Å². The second-order valence-electron chi connectivity index (χ2n) is 6.88. The summed E-state index contributed by atoms with van der Waals surface area (Å²) >= 11 is 0. The van der Waals surface area contributed by atoms with E-state index in [-0.39, 0.29) is 24.8 Å². The van der Waals surface area contributed by atoms with Crippen LogP contribution in [0.3, 0.4) is 0 Å². The molecule has 1 aliphatic rings. The van der Waals surface area contributed by atoms with Crippen molar-refractivity contribution in [1.82, 2.24) is 4.90 Å². The van der Waals surface area contributed by atoms with E-state index in [2.05, 4.69) is 0 Å². The average molecular weight is 375 g/mol. The van der Waals surface area contributed by atoms with Crippen molar-refractivity contribution in [3.05, 3.63) is 83.2 Å². The van der Waals surface area contributed by atoms with E-state index in [1.165, 1.54) is 11.0 Å². The molecule has 0 radical (unpaired) electrons. The first kappa shape index (κ1) is 17.9. The molecule has 0 unspecified atom stereocenters. The van der Waals surface area contributed by atoms with Crippen LogP contribution in [0.2, 0.25) is 0 Å². The minimum Gasteiger partial charge on any atom is -0.480 e. The molecule has 1 aliphatic heterocycles. The maximum Gasteiger partial charge on any atom is 0.323 e. The Morgan fingerprint density at radius 2 is 1.71 bits per heavy atom. The number of hydrogen-bond donors (Lipinski definition) is 1. The van der Waals surface area contributed by atoms with Gasteiger partial charge < -0.3 is 10.0 Å². The van der Waals surface area contributed by atoms with Gasteiger partial charge in [0.2, 0.25) is 0 Å². The average Bonchev–Trinajstić information content (AvgIpc) is 2.97. The summed E-state index contributed by atoms with van der Waals surface area (Å²) < 4.78 is 14.3. The highest BCUT2D eigenvalue weighted by Gasteiger charge is 2.29. The van der Waals surface area contributed by atoms with E-state index in [1.807, 2.05) is 43.3 Å². The highest BCUT2D eigenvalue weighted by atomic mass is 19.1. The fourth-order valence-corrected chi connectivity index (χ4v) is 3.76. The number of amides is 1. The van der Waals surface area contributed by atoms with Crippen LogP contribution >= 0.6 is 0 Å². The Kier molecular flexibility index (Phi) is 4.43. The van der Waals surface area contributed by atoms with Gasteiger partial charge in [0.05, 0.1) is 0 Å². The molecule has 140 valence electrons. The van der Waals surface area contributed by atoms with E-state index in [4.69, 9.17) is 5.11 Å². The van der Waals surface area contributed by atoms with Crippen LogP contribution in [0.4, 0.5) is 4.39 Å². The van der Waals surface area contributed by atoms with E-state index in [0.717, 1.165) is 27.8 Å². The van der Waals surface area contributed by atoms with Gasteiger partial charge >= 0.3 is 5.97 Å². The van der Waals surface area contributed by atoms with Gasteiger partial charge in [0, 0.05) is 17.7 Å². The maximum absolute atomic E-state index is 14.3. The fraction of sp³-hybridized carbons (Fsp3) is 0.130. The van der Waals surface area contributed by atoms with E-state index in [9.17, 15) is 14.0 Å². The van der Waals surface area contributed by atoms with E-state index < -0.39 is 5.97 Å². The SMILES string of the molecule is Cc1c(-c2ccc3c(c2)CN(CC(=O)O)C3=O)cccc1-c1ccccc1F. The van der Waals surface area contributed by atoms with Gasteiger partial charge in [-0.15, -0.1) is 0 Å². The zero-order chi connectivity index (χ0) is 19.8. The monoisotopic (exact) mass is 375 g/mol. The molecule has 0 saturated heterocycles. The second-order valence-corrected chi connectivity index (χ2v) is 6.88. The summed E-state index contributed by atoms with van der Waals surface area (Å²) in [7, 11) is 0. The number of nitrogens with zero attached hydrogens (tertiary/aromatic N) is 1. The minimum atomic E-state index is -1.03. The van der Waals surface area contributed by atoms with Gasteiger partial charge in [0.15, 0.2) is 0 Å². The lowest BCUT2D eigenvalue weighted by atomic mass is 9.91. The van der Waals surface area contributed by atoms with Crippen molar-refractivity contribution in [2.45, 2.75) is 13.5 Å². The van der Waals surface area contributed by atoms with Gasteiger partial charge in [0.1, 0.15) is 12.4 Å². The normalized spacial score (nSPS) is 12.9. The summed E-state index contributed by atoms with van der Waals surface area (Å²) in [5.41, 5.74) is 5.52. The van der Waals surface area contributed by atoms with E-state index in [1.54, 1.807) is 18.2 Å². The van der Waals surface area contributed by atoms with Crippen LogP contribution in [0, 0.1) is 12.7 Å². The van der Waals surface area contributed by atoms with Gasteiger partial charge in [-0.1, -0.05) is 42.5 Å². The quantitative estimate of drug-likeness (QED) is 0.730. The summed E-state index contributed by atoms with van der Waals surface area (Å²) in [6, 6.07) is 17.9. The summed E-state index contributed by atoms with van der Waals surface area (Å²) in [6.07, 6.45) is 0. The van der Waals surface area contributed by atoms with Gasteiger partial charge in [0.25, 0.3) is 5.91 Å². The van der Waals surface area contributed by atoms with Crippen molar-refractivity contribution in [2.75, 3.05) is 6.54 Å². The van der Waals surface area contributed by atoms with Gasteiger partial charge in [-0.2, -0.15) is 0 Å². The van der Waals surface area contributed by atoms with Crippen LogP contribution in [0.1, 0.15) is 21.5 Å². The Balaban J connectivity index is 1.75. The van der Waals surface area contributed by atoms with Crippen molar-refractivity contribution < 1.29 is 19.1 Å². The molecule has 0 saturated carbocycles. The molecule has 0 atom stereocenters. The zero-order valence-corrected chi connectivity index (χ0v) is 15.3. The highest BCUT2D eigenvalue weighted by molar-refractivity contribution is 6.00. The van der Waals surface area contributed by atoms with Crippen LogP contribution < -0.4 is 0 Å². The summed E-state index contributed by atoms with van der Waals surface area (Å²) in [5, 5.41) is 8.98. The fourth-order valence-electron chi connectivity index (χ4n) is 3.76. The predicted molar refractivity (Wildman–Crippen MR) is 104 cm³/mol. The number of aliphatic carboxylic acids is 1. The molecule has 1 amide bonds. The summed E-state index contributed by atoms with van der Waals surface area (Å²) in [4.78, 5) is 24.6. The van der Waals surface area contributed by atoms with Crippen molar-refractivity contribution in [3.8, 4) is 22.3 Å². The Labute approximate surface area is 161 Å². The highest BCUT2D eigenvalue weighted by Crippen LogP contribution is 2.35. The molecule has 0 aliphatic carbocycles. The third-order valence-electron chi connectivity index (χ3n) is 5.12. The lowest BCUT2D eigenvalue weighted by Crippen LogP contribution is -2.29. The molecule has 0 spiro atoms. The first-order valence-electron chi connectivity index (χ1n) is 8.94. The number of hydrogen-bond acceptors (Lipinski definition) is 2. The Bertz CT molecular complexity index is 1110. The van der Waals surface area contributed by atoms with Crippen LogP contribution in [0.15, 0.2) is 60.7 Å². The standard InChI is InChI=1S/C23H18FNO3/c1-14-17(6-4-7-18(14)20-5-2-3-8-21(20)24)15-9-10-19-16(11-15)12-25(23(19)28)13-22(26)27/h2-11H,12-13H2,1H3,(H,26,27). The molecule has 28 heavy (non-hydrogen) atoms. The predicted octanol–water partition coefficient (Wildman–Crippen LogP) is 4.51. The Hall–Kier alpha value is -3.47. The molecule has 0 fully saturated rings. The first-order valence-corrected chi connectivity index (χ1v) is 8.94. The topological polar surface area (TPSA) is 57.6 Å². The first-order chi connectivity index (χ1) is 13.5. The summed E-state index contributed by atoms with van der Waals surface area (Å²) in [5.74, 6) is -1.57. The number of benzene rings is 3. The largest absolute Gasteiger partial charge is 0.480 e. The molecular weight excluding hydrogens is 357 g/mol. The number of carbonyl (C=O) groups is 2. The van der Waals surface area contributed by atoms with Crippen molar-refractivity contribution >= 4 is 11.9 Å². The van der Waals surface area contributed by atoms with Crippen LogP contribution in [0.25, 0.3) is 22.3 Å². The number of halogens is 1. The van der Waals surface area contributed by atoms with Crippen LogP contribution in [-0.4, -0.2) is 28.4 Å². The Morgan fingerprint density at radius 1 is 1.00 bits per heavy atom. The molecule has 1 heterocycles. The number of fused-ring (bicyclic) bond motifs is 1. The van der Waals surface area contributed by atoms with Crippen molar-refractivity contribution in [3.63, 3.8) is 0 Å². The second kappa shape index (κ2) is 6.93. The van der Waals surface area contributed by atoms with Crippen molar-refractivity contribution in [1.29, 1.82) is 0 Å². The zero-order valence-electron chi connectivity index (χ0n) is 15.3. The van der Waals surface area contributed by atoms with Crippen LogP contribution in [0.5, 0.6) is 0 Å².